The van der Waals surface area contributed by atoms with E-state index in [2.05, 4.69) is 41.8 Å². The molecule has 0 aliphatic carbocycles. The van der Waals surface area contributed by atoms with Gasteiger partial charge in [-0.3, -0.25) is 4.68 Å². The molecule has 1 fully saturated rings. The molecule has 0 atom stereocenters. The maximum Gasteiger partial charge on any atom is 0.0521 e. The summed E-state index contributed by atoms with van der Waals surface area (Å²) in [5, 5.41) is 4.49. The molecule has 3 nitrogen and oxygen atoms in total. The number of hydrogen-bond acceptors (Lipinski definition) is 2. The first-order chi connectivity index (χ1) is 8.13. The average Bonchev–Trinajstić information content (AvgIpc) is 2.68. The van der Waals surface area contributed by atoms with Gasteiger partial charge in [0, 0.05) is 12.7 Å². The molecule has 1 aliphatic heterocycles. The molecule has 3 heteroatoms. The molecule has 0 saturated carbocycles. The van der Waals surface area contributed by atoms with Gasteiger partial charge in [-0.1, -0.05) is 13.8 Å². The van der Waals surface area contributed by atoms with Gasteiger partial charge in [-0.05, 0) is 56.8 Å². The summed E-state index contributed by atoms with van der Waals surface area (Å²) in [5.74, 6) is 1.54. The van der Waals surface area contributed by atoms with Gasteiger partial charge in [-0.2, -0.15) is 5.10 Å². The minimum absolute atomic E-state index is 0.719. The molecule has 1 aromatic heterocycles. The van der Waals surface area contributed by atoms with Crippen LogP contribution in [0.15, 0.2) is 12.4 Å². The van der Waals surface area contributed by atoms with Gasteiger partial charge < -0.3 is 4.90 Å². The Morgan fingerprint density at radius 2 is 2.06 bits per heavy atom. The van der Waals surface area contributed by atoms with E-state index in [1.54, 1.807) is 0 Å². The maximum atomic E-state index is 4.49. The van der Waals surface area contributed by atoms with Crippen LogP contribution >= 0.6 is 0 Å². The molecule has 0 bridgehead atoms. The van der Waals surface area contributed by atoms with Crippen LogP contribution < -0.4 is 0 Å². The number of rotatable bonds is 4. The Hall–Kier alpha value is -0.830. The van der Waals surface area contributed by atoms with Crippen molar-refractivity contribution in [2.24, 2.45) is 11.8 Å². The van der Waals surface area contributed by atoms with Gasteiger partial charge >= 0.3 is 0 Å². The van der Waals surface area contributed by atoms with Crippen molar-refractivity contribution in [2.75, 3.05) is 20.1 Å². The average molecular weight is 235 g/mol. The fourth-order valence-corrected chi connectivity index (χ4v) is 2.59. The second kappa shape index (κ2) is 5.67. The summed E-state index contributed by atoms with van der Waals surface area (Å²) in [4.78, 5) is 2.42. The standard InChI is InChI=1S/C14H25N3/c1-12(2)8-14-9-15-17(11-14)10-13-4-6-16(3)7-5-13/h9,11-13H,4-8,10H2,1-3H3. The van der Waals surface area contributed by atoms with Crippen LogP contribution in [0, 0.1) is 11.8 Å². The van der Waals surface area contributed by atoms with Gasteiger partial charge in [0.15, 0.2) is 0 Å². The van der Waals surface area contributed by atoms with Crippen molar-refractivity contribution < 1.29 is 0 Å². The Bertz CT molecular complexity index is 335. The van der Waals surface area contributed by atoms with Gasteiger partial charge in [0.25, 0.3) is 0 Å². The lowest BCUT2D eigenvalue weighted by Crippen LogP contribution is -2.31. The number of piperidine rings is 1. The third-order valence-electron chi connectivity index (χ3n) is 3.61. The van der Waals surface area contributed by atoms with Crippen molar-refractivity contribution >= 4 is 0 Å². The normalized spacial score (nSPS) is 19.1. The summed E-state index contributed by atoms with van der Waals surface area (Å²) in [6, 6.07) is 0. The second-order valence-electron chi connectivity index (χ2n) is 5.92. The molecule has 0 radical (unpaired) electrons. The SMILES string of the molecule is CC(C)Cc1cnn(CC2CCN(C)CC2)c1. The smallest absolute Gasteiger partial charge is 0.0521 e. The van der Waals surface area contributed by atoms with Crippen molar-refractivity contribution in [1.82, 2.24) is 14.7 Å². The number of aromatic nitrogens is 2. The van der Waals surface area contributed by atoms with Crippen molar-refractivity contribution in [3.05, 3.63) is 18.0 Å². The summed E-state index contributed by atoms with van der Waals surface area (Å²) >= 11 is 0. The number of likely N-dealkylation sites (tertiary alicyclic amines) is 1. The van der Waals surface area contributed by atoms with Crippen LogP contribution in [-0.4, -0.2) is 34.8 Å². The fraction of sp³-hybridized carbons (Fsp3) is 0.786. The predicted molar refractivity (Wildman–Crippen MR) is 71.0 cm³/mol. The Morgan fingerprint density at radius 3 is 2.71 bits per heavy atom. The van der Waals surface area contributed by atoms with Crippen LogP contribution in [0.5, 0.6) is 0 Å². The number of nitrogens with zero attached hydrogens (tertiary/aromatic N) is 3. The highest BCUT2D eigenvalue weighted by Crippen LogP contribution is 2.18. The van der Waals surface area contributed by atoms with Crippen LogP contribution in [0.4, 0.5) is 0 Å². The van der Waals surface area contributed by atoms with Crippen LogP contribution in [0.25, 0.3) is 0 Å². The van der Waals surface area contributed by atoms with Crippen LogP contribution in [-0.2, 0) is 13.0 Å². The largest absolute Gasteiger partial charge is 0.306 e. The van der Waals surface area contributed by atoms with Gasteiger partial charge in [-0.15, -0.1) is 0 Å². The highest BCUT2D eigenvalue weighted by atomic mass is 15.3. The molecule has 96 valence electrons. The molecule has 1 aliphatic rings. The third kappa shape index (κ3) is 3.84. The summed E-state index contributed by atoms with van der Waals surface area (Å²) in [7, 11) is 2.21. The molecule has 0 unspecified atom stereocenters. The van der Waals surface area contributed by atoms with Gasteiger partial charge in [0.2, 0.25) is 0 Å². The van der Waals surface area contributed by atoms with Crippen molar-refractivity contribution in [2.45, 2.75) is 39.7 Å². The molecule has 2 heterocycles. The predicted octanol–water partition coefficient (Wildman–Crippen LogP) is 2.42. The Balaban J connectivity index is 1.84. The summed E-state index contributed by atoms with van der Waals surface area (Å²) in [6.07, 6.45) is 8.05. The summed E-state index contributed by atoms with van der Waals surface area (Å²) in [6.45, 7) is 8.10. The van der Waals surface area contributed by atoms with Gasteiger partial charge in [0.1, 0.15) is 0 Å². The number of hydrogen-bond donors (Lipinski definition) is 0. The molecular weight excluding hydrogens is 210 g/mol. The van der Waals surface area contributed by atoms with E-state index >= 15 is 0 Å². The summed E-state index contributed by atoms with van der Waals surface area (Å²) < 4.78 is 2.15. The van der Waals surface area contributed by atoms with Crippen LogP contribution in [0.3, 0.4) is 0 Å². The lowest BCUT2D eigenvalue weighted by Gasteiger charge is -2.28. The maximum absolute atomic E-state index is 4.49. The molecule has 0 amide bonds. The zero-order valence-corrected chi connectivity index (χ0v) is 11.4. The second-order valence-corrected chi connectivity index (χ2v) is 5.92. The van der Waals surface area contributed by atoms with E-state index in [0.29, 0.717) is 0 Å². The van der Waals surface area contributed by atoms with E-state index in [-0.39, 0.29) is 0 Å². The zero-order chi connectivity index (χ0) is 12.3. The topological polar surface area (TPSA) is 21.1 Å². The van der Waals surface area contributed by atoms with E-state index in [1.807, 2.05) is 6.20 Å². The van der Waals surface area contributed by atoms with Crippen LogP contribution in [0.1, 0.15) is 32.3 Å². The van der Waals surface area contributed by atoms with Gasteiger partial charge in [0.05, 0.1) is 6.20 Å². The minimum Gasteiger partial charge on any atom is -0.306 e. The Labute approximate surface area is 105 Å². The quantitative estimate of drug-likeness (QED) is 0.799. The third-order valence-corrected chi connectivity index (χ3v) is 3.61. The monoisotopic (exact) mass is 235 g/mol. The van der Waals surface area contributed by atoms with E-state index < -0.39 is 0 Å². The molecule has 0 aromatic carbocycles. The minimum atomic E-state index is 0.719. The first kappa shape index (κ1) is 12.6. The highest BCUT2D eigenvalue weighted by molar-refractivity contribution is 5.04. The lowest BCUT2D eigenvalue weighted by molar-refractivity contribution is 0.201. The van der Waals surface area contributed by atoms with E-state index in [4.69, 9.17) is 0 Å². The van der Waals surface area contributed by atoms with E-state index in [1.165, 1.54) is 31.5 Å². The molecule has 2 rings (SSSR count). The first-order valence-electron chi connectivity index (χ1n) is 6.83. The summed E-state index contributed by atoms with van der Waals surface area (Å²) in [5.41, 5.74) is 1.38. The van der Waals surface area contributed by atoms with Gasteiger partial charge in [-0.25, -0.2) is 0 Å². The van der Waals surface area contributed by atoms with E-state index in [0.717, 1.165) is 24.8 Å². The van der Waals surface area contributed by atoms with E-state index in [9.17, 15) is 0 Å². The van der Waals surface area contributed by atoms with Crippen molar-refractivity contribution in [1.29, 1.82) is 0 Å². The van der Waals surface area contributed by atoms with Crippen LogP contribution in [0.2, 0.25) is 0 Å². The highest BCUT2D eigenvalue weighted by Gasteiger charge is 2.17. The molecular formula is C14H25N3. The first-order valence-corrected chi connectivity index (χ1v) is 6.83. The molecule has 0 spiro atoms. The Morgan fingerprint density at radius 1 is 1.35 bits per heavy atom. The molecule has 0 N–H and O–H groups in total. The van der Waals surface area contributed by atoms with Crippen molar-refractivity contribution in [3.63, 3.8) is 0 Å². The molecule has 1 saturated heterocycles. The Kier molecular flexibility index (Phi) is 4.21. The molecule has 1 aromatic rings. The fourth-order valence-electron chi connectivity index (χ4n) is 2.59. The van der Waals surface area contributed by atoms with Crippen molar-refractivity contribution in [3.8, 4) is 0 Å². The zero-order valence-electron chi connectivity index (χ0n) is 11.4. The molecule has 17 heavy (non-hydrogen) atoms. The lowest BCUT2D eigenvalue weighted by atomic mass is 9.97.